The molecule has 0 aliphatic heterocycles. The van der Waals surface area contributed by atoms with Gasteiger partial charge in [0.05, 0.1) is 7.11 Å². The van der Waals surface area contributed by atoms with Crippen LogP contribution in [0.4, 0.5) is 23.3 Å². The van der Waals surface area contributed by atoms with Crippen LogP contribution in [0.5, 0.6) is 5.75 Å². The van der Waals surface area contributed by atoms with Gasteiger partial charge in [-0.25, -0.2) is 0 Å². The summed E-state index contributed by atoms with van der Waals surface area (Å²) < 4.78 is 5.16. The van der Waals surface area contributed by atoms with E-state index in [9.17, 15) is 0 Å². The summed E-state index contributed by atoms with van der Waals surface area (Å²) in [5.41, 5.74) is 6.78. The molecule has 0 fully saturated rings. The lowest BCUT2D eigenvalue weighted by atomic mass is 10.3. The molecule has 1 aromatic carbocycles. The molecule has 0 unspecified atom stereocenters. The number of benzene rings is 1. The minimum absolute atomic E-state index is 0.256. The highest BCUT2D eigenvalue weighted by atomic mass is 16.5. The Balaban J connectivity index is 2.24. The fourth-order valence-electron chi connectivity index (χ4n) is 1.91. The van der Waals surface area contributed by atoms with Crippen molar-refractivity contribution in [3.63, 3.8) is 0 Å². The summed E-state index contributed by atoms with van der Waals surface area (Å²) >= 11 is 0. The fourth-order valence-corrected chi connectivity index (χ4v) is 1.91. The molecule has 0 amide bonds. The molecular weight excluding hydrogens is 266 g/mol. The lowest BCUT2D eigenvalue weighted by molar-refractivity contribution is 0.415. The van der Waals surface area contributed by atoms with Gasteiger partial charge < -0.3 is 20.7 Å². The lowest BCUT2D eigenvalue weighted by Crippen LogP contribution is -2.14. The second-order valence-electron chi connectivity index (χ2n) is 4.65. The molecule has 2 rings (SSSR count). The van der Waals surface area contributed by atoms with Crippen LogP contribution in [0.3, 0.4) is 0 Å². The second kappa shape index (κ2) is 6.78. The zero-order valence-electron chi connectivity index (χ0n) is 12.6. The Morgan fingerprint density at radius 3 is 2.57 bits per heavy atom. The van der Waals surface area contributed by atoms with Gasteiger partial charge in [-0.2, -0.15) is 9.97 Å². The molecule has 2 aromatic rings. The molecule has 0 saturated carbocycles. The van der Waals surface area contributed by atoms with E-state index in [1.807, 2.05) is 42.3 Å². The van der Waals surface area contributed by atoms with Crippen molar-refractivity contribution < 1.29 is 4.74 Å². The molecule has 0 radical (unpaired) electrons. The number of ether oxygens (including phenoxy) is 1. The Morgan fingerprint density at radius 2 is 1.95 bits per heavy atom. The molecule has 0 aliphatic carbocycles. The Hall–Kier alpha value is -2.50. The number of hydrogen-bond acceptors (Lipinski definition) is 6. The first-order valence-electron chi connectivity index (χ1n) is 6.90. The van der Waals surface area contributed by atoms with Crippen molar-refractivity contribution >= 4 is 23.3 Å². The molecule has 6 nitrogen and oxygen atoms in total. The summed E-state index contributed by atoms with van der Waals surface area (Å²) in [4.78, 5) is 10.4. The normalized spacial score (nSPS) is 10.2. The smallest absolute Gasteiger partial charge is 0.223 e. The predicted molar refractivity (Wildman–Crippen MR) is 86.3 cm³/mol. The van der Waals surface area contributed by atoms with Gasteiger partial charge in [0.1, 0.15) is 17.4 Å². The molecule has 0 atom stereocenters. The van der Waals surface area contributed by atoms with Gasteiger partial charge in [0, 0.05) is 25.3 Å². The molecule has 0 aliphatic rings. The Kier molecular flexibility index (Phi) is 4.81. The lowest BCUT2D eigenvalue weighted by Gasteiger charge is -2.19. The third kappa shape index (κ3) is 3.75. The zero-order chi connectivity index (χ0) is 15.2. The standard InChI is InChI=1S/C15H21N5O/c1-4-9-17-13-10-14(19-15(16)18-13)20(2)11-5-7-12(21-3)8-6-11/h5-8,10H,4,9H2,1-3H3,(H3,16,17,18,19). The number of nitrogens with two attached hydrogens (primary N) is 1. The number of methoxy groups -OCH3 is 1. The van der Waals surface area contributed by atoms with Crippen molar-refractivity contribution in [2.45, 2.75) is 13.3 Å². The summed E-state index contributed by atoms with van der Waals surface area (Å²) in [6, 6.07) is 9.64. The number of anilines is 4. The predicted octanol–water partition coefficient (Wildman–Crippen LogP) is 2.66. The highest BCUT2D eigenvalue weighted by Gasteiger charge is 2.09. The van der Waals surface area contributed by atoms with Crippen LogP contribution in [-0.2, 0) is 0 Å². The van der Waals surface area contributed by atoms with Crippen LogP contribution in [0.25, 0.3) is 0 Å². The number of hydrogen-bond donors (Lipinski definition) is 2. The highest BCUT2D eigenvalue weighted by Crippen LogP contribution is 2.25. The Bertz CT molecular complexity index is 585. The molecule has 3 N–H and O–H groups in total. The monoisotopic (exact) mass is 287 g/mol. The summed E-state index contributed by atoms with van der Waals surface area (Å²) in [5.74, 6) is 2.55. The number of nitrogens with zero attached hydrogens (tertiary/aromatic N) is 3. The van der Waals surface area contributed by atoms with Crippen LogP contribution >= 0.6 is 0 Å². The third-order valence-electron chi connectivity index (χ3n) is 3.09. The molecule has 6 heteroatoms. The fraction of sp³-hybridized carbons (Fsp3) is 0.333. The molecule has 0 spiro atoms. The largest absolute Gasteiger partial charge is 0.497 e. The minimum atomic E-state index is 0.256. The van der Waals surface area contributed by atoms with Crippen LogP contribution in [0, 0.1) is 0 Å². The van der Waals surface area contributed by atoms with E-state index in [0.717, 1.165) is 36.0 Å². The van der Waals surface area contributed by atoms with Gasteiger partial charge in [0.2, 0.25) is 5.95 Å². The number of nitrogens with one attached hydrogen (secondary N) is 1. The first kappa shape index (κ1) is 14.9. The van der Waals surface area contributed by atoms with Crippen molar-refractivity contribution in [3.05, 3.63) is 30.3 Å². The van der Waals surface area contributed by atoms with E-state index in [-0.39, 0.29) is 5.95 Å². The van der Waals surface area contributed by atoms with E-state index >= 15 is 0 Å². The van der Waals surface area contributed by atoms with Crippen LogP contribution in [-0.4, -0.2) is 30.7 Å². The molecule has 1 heterocycles. The third-order valence-corrected chi connectivity index (χ3v) is 3.09. The van der Waals surface area contributed by atoms with E-state index in [0.29, 0.717) is 0 Å². The van der Waals surface area contributed by atoms with Gasteiger partial charge in [0.15, 0.2) is 0 Å². The second-order valence-corrected chi connectivity index (χ2v) is 4.65. The van der Waals surface area contributed by atoms with Gasteiger partial charge in [-0.1, -0.05) is 6.92 Å². The van der Waals surface area contributed by atoms with E-state index in [1.54, 1.807) is 7.11 Å². The Morgan fingerprint density at radius 1 is 1.24 bits per heavy atom. The van der Waals surface area contributed by atoms with E-state index in [2.05, 4.69) is 22.2 Å². The SMILES string of the molecule is CCCNc1cc(N(C)c2ccc(OC)cc2)nc(N)n1. The first-order valence-corrected chi connectivity index (χ1v) is 6.90. The van der Waals surface area contributed by atoms with Crippen LogP contribution in [0.15, 0.2) is 30.3 Å². The van der Waals surface area contributed by atoms with Gasteiger partial charge in [-0.3, -0.25) is 0 Å². The topological polar surface area (TPSA) is 76.3 Å². The highest BCUT2D eigenvalue weighted by molar-refractivity contribution is 5.63. The zero-order valence-corrected chi connectivity index (χ0v) is 12.6. The molecule has 112 valence electrons. The van der Waals surface area contributed by atoms with Crippen LogP contribution in [0.1, 0.15) is 13.3 Å². The Labute approximate surface area is 125 Å². The van der Waals surface area contributed by atoms with Crippen molar-refractivity contribution in [2.75, 3.05) is 36.7 Å². The van der Waals surface area contributed by atoms with Gasteiger partial charge in [0.25, 0.3) is 0 Å². The minimum Gasteiger partial charge on any atom is -0.497 e. The maximum Gasteiger partial charge on any atom is 0.223 e. The van der Waals surface area contributed by atoms with Crippen molar-refractivity contribution in [2.24, 2.45) is 0 Å². The molecule has 0 saturated heterocycles. The van der Waals surface area contributed by atoms with Crippen molar-refractivity contribution in [1.29, 1.82) is 0 Å². The maximum atomic E-state index is 5.78. The van der Waals surface area contributed by atoms with Crippen LogP contribution in [0.2, 0.25) is 0 Å². The summed E-state index contributed by atoms with van der Waals surface area (Å²) in [5, 5.41) is 3.22. The molecule has 1 aromatic heterocycles. The average Bonchev–Trinajstić information content (AvgIpc) is 2.51. The van der Waals surface area contributed by atoms with Gasteiger partial charge in [-0.15, -0.1) is 0 Å². The summed E-state index contributed by atoms with van der Waals surface area (Å²) in [7, 11) is 3.59. The van der Waals surface area contributed by atoms with Gasteiger partial charge >= 0.3 is 0 Å². The van der Waals surface area contributed by atoms with Crippen LogP contribution < -0.4 is 20.7 Å². The molecule has 21 heavy (non-hydrogen) atoms. The maximum absolute atomic E-state index is 5.78. The van der Waals surface area contributed by atoms with E-state index < -0.39 is 0 Å². The summed E-state index contributed by atoms with van der Waals surface area (Å²) in [6.45, 7) is 2.95. The number of rotatable bonds is 6. The molecule has 0 bridgehead atoms. The van der Waals surface area contributed by atoms with E-state index in [1.165, 1.54) is 0 Å². The van der Waals surface area contributed by atoms with E-state index in [4.69, 9.17) is 10.5 Å². The first-order chi connectivity index (χ1) is 10.1. The van der Waals surface area contributed by atoms with Gasteiger partial charge in [-0.05, 0) is 30.7 Å². The molecular formula is C15H21N5O. The number of aromatic nitrogens is 2. The van der Waals surface area contributed by atoms with Crippen molar-refractivity contribution in [1.82, 2.24) is 9.97 Å². The van der Waals surface area contributed by atoms with Crippen molar-refractivity contribution in [3.8, 4) is 5.75 Å². The quantitative estimate of drug-likeness (QED) is 0.850. The average molecular weight is 287 g/mol. The number of nitrogen functional groups attached to an aromatic ring is 1. The summed E-state index contributed by atoms with van der Waals surface area (Å²) in [6.07, 6.45) is 1.02.